The van der Waals surface area contributed by atoms with Gasteiger partial charge in [0.1, 0.15) is 12.1 Å². The lowest BCUT2D eigenvalue weighted by atomic mass is 10.1. The SMILES string of the molecule is O=C(O)CNC(=O)c1c(O)sc2c(C#Cc3ccccc3)cc(Cl)cc2c1=O. The zero-order chi connectivity index (χ0) is 20.3. The van der Waals surface area contributed by atoms with Gasteiger partial charge in [-0.15, -0.1) is 0 Å². The highest BCUT2D eigenvalue weighted by Gasteiger charge is 2.21. The van der Waals surface area contributed by atoms with E-state index < -0.39 is 34.5 Å². The van der Waals surface area contributed by atoms with Gasteiger partial charge in [-0.1, -0.05) is 53.0 Å². The monoisotopic (exact) mass is 413 g/mol. The molecular formula is C20H12ClNO5S. The molecule has 140 valence electrons. The molecule has 3 rings (SSSR count). The molecule has 0 aliphatic heterocycles. The smallest absolute Gasteiger partial charge is 0.322 e. The van der Waals surface area contributed by atoms with Gasteiger partial charge < -0.3 is 15.5 Å². The summed E-state index contributed by atoms with van der Waals surface area (Å²) in [4.78, 5) is 35.5. The van der Waals surface area contributed by atoms with E-state index in [4.69, 9.17) is 16.7 Å². The number of hydrogen-bond donors (Lipinski definition) is 3. The topological polar surface area (TPSA) is 104 Å². The third kappa shape index (κ3) is 4.14. The predicted molar refractivity (Wildman–Crippen MR) is 107 cm³/mol. The maximum absolute atomic E-state index is 12.7. The molecule has 1 amide bonds. The van der Waals surface area contributed by atoms with Crippen LogP contribution in [0.1, 0.15) is 21.5 Å². The summed E-state index contributed by atoms with van der Waals surface area (Å²) in [6, 6.07) is 12.1. The second-order valence-electron chi connectivity index (χ2n) is 5.63. The van der Waals surface area contributed by atoms with Gasteiger partial charge in [0.05, 0.1) is 4.70 Å². The molecule has 0 fully saturated rings. The van der Waals surface area contributed by atoms with Gasteiger partial charge >= 0.3 is 5.97 Å². The van der Waals surface area contributed by atoms with Crippen LogP contribution in [0.5, 0.6) is 5.06 Å². The van der Waals surface area contributed by atoms with Crippen molar-refractivity contribution in [1.82, 2.24) is 5.32 Å². The fourth-order valence-corrected chi connectivity index (χ4v) is 3.63. The molecule has 0 aliphatic rings. The third-order valence-corrected chi connectivity index (χ3v) is 4.94. The van der Waals surface area contributed by atoms with Crippen LogP contribution in [0, 0.1) is 11.8 Å². The maximum Gasteiger partial charge on any atom is 0.322 e. The van der Waals surface area contributed by atoms with Crippen molar-refractivity contribution in [2.75, 3.05) is 6.54 Å². The molecule has 0 bridgehead atoms. The number of carbonyl (C=O) groups excluding carboxylic acids is 1. The molecule has 28 heavy (non-hydrogen) atoms. The Kier molecular flexibility index (Phi) is 5.64. The van der Waals surface area contributed by atoms with Crippen molar-refractivity contribution in [1.29, 1.82) is 0 Å². The first kappa shape index (κ1) is 19.4. The zero-order valence-corrected chi connectivity index (χ0v) is 15.7. The molecule has 0 aliphatic carbocycles. The number of aromatic hydroxyl groups is 1. The van der Waals surface area contributed by atoms with Crippen molar-refractivity contribution in [2.24, 2.45) is 0 Å². The molecule has 3 N–H and O–H groups in total. The first-order valence-electron chi connectivity index (χ1n) is 7.93. The summed E-state index contributed by atoms with van der Waals surface area (Å²) in [5.74, 6) is 3.65. The average Bonchev–Trinajstić information content (AvgIpc) is 2.66. The predicted octanol–water partition coefficient (Wildman–Crippen LogP) is 2.83. The van der Waals surface area contributed by atoms with E-state index in [1.807, 2.05) is 30.3 Å². The van der Waals surface area contributed by atoms with Crippen LogP contribution in [0.2, 0.25) is 5.02 Å². The number of hydrogen-bond acceptors (Lipinski definition) is 5. The summed E-state index contributed by atoms with van der Waals surface area (Å²) < 4.78 is 0.380. The van der Waals surface area contributed by atoms with Crippen LogP contribution in [0.3, 0.4) is 0 Å². The highest BCUT2D eigenvalue weighted by atomic mass is 35.5. The number of halogens is 1. The van der Waals surface area contributed by atoms with E-state index in [1.54, 1.807) is 6.07 Å². The van der Waals surface area contributed by atoms with Crippen molar-refractivity contribution in [3.63, 3.8) is 0 Å². The minimum atomic E-state index is -1.27. The van der Waals surface area contributed by atoms with Crippen LogP contribution in [0.15, 0.2) is 47.3 Å². The summed E-state index contributed by atoms with van der Waals surface area (Å²) in [6.07, 6.45) is 0. The summed E-state index contributed by atoms with van der Waals surface area (Å²) in [5, 5.41) is 20.8. The molecule has 2 aromatic carbocycles. The molecule has 0 unspecified atom stereocenters. The maximum atomic E-state index is 12.7. The van der Waals surface area contributed by atoms with E-state index in [0.717, 1.165) is 16.9 Å². The summed E-state index contributed by atoms with van der Waals surface area (Å²) in [5.41, 5.74) is -0.0829. The number of carboxylic acid groups (broad SMARTS) is 1. The Morgan fingerprint density at radius 3 is 2.54 bits per heavy atom. The quantitative estimate of drug-likeness (QED) is 0.573. The largest absolute Gasteiger partial charge is 0.499 e. The molecule has 0 saturated heterocycles. The van der Waals surface area contributed by atoms with E-state index in [2.05, 4.69) is 17.2 Å². The highest BCUT2D eigenvalue weighted by Crippen LogP contribution is 2.32. The molecule has 1 heterocycles. The van der Waals surface area contributed by atoms with Gasteiger partial charge in [-0.3, -0.25) is 14.4 Å². The molecular weight excluding hydrogens is 402 g/mol. The van der Waals surface area contributed by atoms with Crippen molar-refractivity contribution < 1.29 is 19.8 Å². The zero-order valence-electron chi connectivity index (χ0n) is 14.2. The average molecular weight is 414 g/mol. The molecule has 6 nitrogen and oxygen atoms in total. The molecule has 8 heteroatoms. The van der Waals surface area contributed by atoms with Crippen LogP contribution in [0.4, 0.5) is 0 Å². The standard InChI is InChI=1S/C20H12ClNO5S/c21-13-8-12(7-6-11-4-2-1-3-5-11)18-14(9-13)17(25)16(20(27)28-18)19(26)22-10-15(23)24/h1-5,8-9,27H,10H2,(H,22,26)(H,23,24). The van der Waals surface area contributed by atoms with Gasteiger partial charge in [-0.05, 0) is 24.3 Å². The molecule has 0 radical (unpaired) electrons. The number of nitrogens with one attached hydrogen (secondary N) is 1. The summed E-state index contributed by atoms with van der Waals surface area (Å²) in [6.45, 7) is -0.677. The van der Waals surface area contributed by atoms with Gasteiger partial charge in [0.2, 0.25) is 5.43 Å². The summed E-state index contributed by atoms with van der Waals surface area (Å²) >= 11 is 6.91. The fourth-order valence-electron chi connectivity index (χ4n) is 2.45. The van der Waals surface area contributed by atoms with Crippen molar-refractivity contribution >= 4 is 44.9 Å². The lowest BCUT2D eigenvalue weighted by Gasteiger charge is -2.07. The number of carbonyl (C=O) groups is 2. The molecule has 3 aromatic rings. The lowest BCUT2D eigenvalue weighted by Crippen LogP contribution is -2.32. The Balaban J connectivity index is 2.14. The van der Waals surface area contributed by atoms with Crippen LogP contribution < -0.4 is 10.7 Å². The Morgan fingerprint density at radius 1 is 1.14 bits per heavy atom. The Morgan fingerprint density at radius 2 is 1.86 bits per heavy atom. The van der Waals surface area contributed by atoms with Gasteiger partial charge in [0, 0.05) is 21.5 Å². The van der Waals surface area contributed by atoms with Crippen molar-refractivity contribution in [3.05, 3.63) is 74.4 Å². The van der Waals surface area contributed by atoms with E-state index in [0.29, 0.717) is 10.3 Å². The van der Waals surface area contributed by atoms with Gasteiger partial charge in [0.15, 0.2) is 5.06 Å². The van der Waals surface area contributed by atoms with E-state index >= 15 is 0 Å². The molecule has 0 spiro atoms. The van der Waals surface area contributed by atoms with E-state index in [-0.39, 0.29) is 10.4 Å². The van der Waals surface area contributed by atoms with Crippen molar-refractivity contribution in [2.45, 2.75) is 0 Å². The summed E-state index contributed by atoms with van der Waals surface area (Å²) in [7, 11) is 0. The first-order chi connectivity index (χ1) is 13.4. The number of fused-ring (bicyclic) bond motifs is 1. The Labute approximate surface area is 168 Å². The Hall–Kier alpha value is -3.34. The third-order valence-electron chi connectivity index (χ3n) is 3.68. The number of benzene rings is 2. The van der Waals surface area contributed by atoms with E-state index in [1.165, 1.54) is 6.07 Å². The Bertz CT molecular complexity index is 1210. The minimum Gasteiger partial charge on any atom is -0.499 e. The van der Waals surface area contributed by atoms with Gasteiger partial charge in [-0.25, -0.2) is 0 Å². The number of amides is 1. The van der Waals surface area contributed by atoms with Gasteiger partial charge in [0.25, 0.3) is 5.91 Å². The van der Waals surface area contributed by atoms with Gasteiger partial charge in [-0.2, -0.15) is 0 Å². The van der Waals surface area contributed by atoms with Crippen LogP contribution >= 0.6 is 22.9 Å². The molecule has 0 atom stereocenters. The first-order valence-corrected chi connectivity index (χ1v) is 9.12. The number of aliphatic carboxylic acids is 1. The van der Waals surface area contributed by atoms with Crippen LogP contribution in [-0.2, 0) is 4.79 Å². The second kappa shape index (κ2) is 8.13. The van der Waals surface area contributed by atoms with Crippen LogP contribution in [0.25, 0.3) is 10.1 Å². The second-order valence-corrected chi connectivity index (χ2v) is 7.07. The van der Waals surface area contributed by atoms with Crippen molar-refractivity contribution in [3.8, 4) is 16.9 Å². The number of carboxylic acids is 1. The van der Waals surface area contributed by atoms with E-state index in [9.17, 15) is 19.5 Å². The fraction of sp³-hybridized carbons (Fsp3) is 0.0500. The minimum absolute atomic E-state index is 0.119. The normalized spacial score (nSPS) is 10.2. The van der Waals surface area contributed by atoms with Crippen LogP contribution in [-0.4, -0.2) is 28.6 Å². The highest BCUT2D eigenvalue weighted by molar-refractivity contribution is 7.20. The molecule has 1 aromatic heterocycles. The lowest BCUT2D eigenvalue weighted by molar-refractivity contribution is -0.135. The molecule has 0 saturated carbocycles. The number of rotatable bonds is 3.